The van der Waals surface area contributed by atoms with Crippen LogP contribution in [0.1, 0.15) is 31.3 Å². The molecule has 34 heavy (non-hydrogen) atoms. The Balaban J connectivity index is 1.32. The SMILES string of the molecule is Cc1ccc(-c2noc(C(C)N3CCN(C(C)C(=O)Nc4cccc([N+](=O)[O-])c4)CC3)n2)cc1. The molecule has 1 N–H and O–H groups in total. The largest absolute Gasteiger partial charge is 0.337 e. The van der Waals surface area contributed by atoms with E-state index in [0.717, 1.165) is 18.7 Å². The number of non-ortho nitro benzene ring substituents is 1. The highest BCUT2D eigenvalue weighted by molar-refractivity contribution is 5.94. The molecule has 0 radical (unpaired) electrons. The summed E-state index contributed by atoms with van der Waals surface area (Å²) in [6, 6.07) is 13.5. The summed E-state index contributed by atoms with van der Waals surface area (Å²) in [6.45, 7) is 8.82. The molecule has 1 aliphatic heterocycles. The van der Waals surface area contributed by atoms with E-state index in [0.29, 0.717) is 30.5 Å². The first kappa shape index (κ1) is 23.5. The van der Waals surface area contributed by atoms with Crippen LogP contribution in [-0.2, 0) is 4.79 Å². The summed E-state index contributed by atoms with van der Waals surface area (Å²) < 4.78 is 5.54. The standard InChI is InChI=1S/C24H28N6O4/c1-16-7-9-19(10-8-16)22-26-24(34-27-22)18(3)29-13-11-28(12-14-29)17(2)23(31)25-20-5-4-6-21(15-20)30(32)33/h4-10,15,17-18H,11-14H2,1-3H3,(H,25,31). The molecule has 1 aromatic heterocycles. The lowest BCUT2D eigenvalue weighted by Crippen LogP contribution is -2.53. The average Bonchev–Trinajstić information content (AvgIpc) is 3.34. The summed E-state index contributed by atoms with van der Waals surface area (Å²) in [7, 11) is 0. The Morgan fingerprint density at radius 1 is 1.09 bits per heavy atom. The number of amides is 1. The second-order valence-corrected chi connectivity index (χ2v) is 8.54. The molecule has 3 aromatic rings. The highest BCUT2D eigenvalue weighted by Gasteiger charge is 2.30. The van der Waals surface area contributed by atoms with Crippen LogP contribution in [0, 0.1) is 17.0 Å². The second-order valence-electron chi connectivity index (χ2n) is 8.54. The Morgan fingerprint density at radius 2 is 1.76 bits per heavy atom. The number of benzene rings is 2. The number of anilines is 1. The van der Waals surface area contributed by atoms with Gasteiger partial charge in [-0.3, -0.25) is 24.7 Å². The van der Waals surface area contributed by atoms with Crippen molar-refractivity contribution < 1.29 is 14.2 Å². The van der Waals surface area contributed by atoms with Crippen LogP contribution in [0.3, 0.4) is 0 Å². The molecule has 0 spiro atoms. The predicted octanol–water partition coefficient (Wildman–Crippen LogP) is 3.66. The molecule has 1 aliphatic rings. The molecule has 1 amide bonds. The van der Waals surface area contributed by atoms with Gasteiger partial charge in [0.05, 0.1) is 17.0 Å². The van der Waals surface area contributed by atoms with Crippen LogP contribution in [0.2, 0.25) is 0 Å². The average molecular weight is 465 g/mol. The highest BCUT2D eigenvalue weighted by Crippen LogP contribution is 2.24. The van der Waals surface area contributed by atoms with Crippen molar-refractivity contribution in [3.05, 3.63) is 70.1 Å². The Kier molecular flexibility index (Phi) is 6.99. The molecule has 10 nitrogen and oxygen atoms in total. The summed E-state index contributed by atoms with van der Waals surface area (Å²) in [5.74, 6) is 0.953. The van der Waals surface area contributed by atoms with E-state index >= 15 is 0 Å². The van der Waals surface area contributed by atoms with Crippen LogP contribution < -0.4 is 5.32 Å². The molecular weight excluding hydrogens is 436 g/mol. The molecule has 4 rings (SSSR count). The maximum absolute atomic E-state index is 12.7. The number of carbonyl (C=O) groups excluding carboxylic acids is 1. The summed E-state index contributed by atoms with van der Waals surface area (Å²) in [5, 5.41) is 17.9. The van der Waals surface area contributed by atoms with E-state index in [1.54, 1.807) is 12.1 Å². The second kappa shape index (κ2) is 10.1. The van der Waals surface area contributed by atoms with E-state index in [2.05, 4.69) is 25.3 Å². The fourth-order valence-electron chi connectivity index (χ4n) is 4.00. The molecule has 1 fully saturated rings. The lowest BCUT2D eigenvalue weighted by Gasteiger charge is -2.39. The third-order valence-electron chi connectivity index (χ3n) is 6.26. The monoisotopic (exact) mass is 464 g/mol. The van der Waals surface area contributed by atoms with E-state index in [1.165, 1.54) is 17.7 Å². The summed E-state index contributed by atoms with van der Waals surface area (Å²) >= 11 is 0. The minimum absolute atomic E-state index is 0.0390. The van der Waals surface area contributed by atoms with Crippen LogP contribution in [0.5, 0.6) is 0 Å². The Hall–Kier alpha value is -3.63. The van der Waals surface area contributed by atoms with E-state index in [1.807, 2.05) is 45.0 Å². The first-order chi connectivity index (χ1) is 16.3. The number of hydrogen-bond donors (Lipinski definition) is 1. The number of carbonyl (C=O) groups is 1. The van der Waals surface area contributed by atoms with Crippen molar-refractivity contribution in [3.63, 3.8) is 0 Å². The molecule has 178 valence electrons. The third-order valence-corrected chi connectivity index (χ3v) is 6.26. The first-order valence-electron chi connectivity index (χ1n) is 11.3. The topological polar surface area (TPSA) is 118 Å². The third kappa shape index (κ3) is 5.29. The Labute approximate surface area is 197 Å². The van der Waals surface area contributed by atoms with Gasteiger partial charge in [-0.25, -0.2) is 0 Å². The molecule has 2 atom stereocenters. The number of hydrogen-bond acceptors (Lipinski definition) is 8. The molecule has 2 aromatic carbocycles. The van der Waals surface area contributed by atoms with Gasteiger partial charge in [-0.05, 0) is 26.8 Å². The lowest BCUT2D eigenvalue weighted by atomic mass is 10.1. The van der Waals surface area contributed by atoms with Gasteiger partial charge in [0.2, 0.25) is 17.6 Å². The van der Waals surface area contributed by atoms with Gasteiger partial charge in [-0.1, -0.05) is 41.1 Å². The molecule has 2 heterocycles. The number of nitro groups is 1. The van der Waals surface area contributed by atoms with Crippen molar-refractivity contribution in [1.29, 1.82) is 0 Å². The zero-order valence-electron chi connectivity index (χ0n) is 19.5. The maximum Gasteiger partial charge on any atom is 0.271 e. The molecule has 1 saturated heterocycles. The number of piperazine rings is 1. The lowest BCUT2D eigenvalue weighted by molar-refractivity contribution is -0.384. The van der Waals surface area contributed by atoms with E-state index in [-0.39, 0.29) is 23.7 Å². The van der Waals surface area contributed by atoms with Crippen molar-refractivity contribution in [2.75, 3.05) is 31.5 Å². The number of rotatable bonds is 7. The van der Waals surface area contributed by atoms with Crippen LogP contribution in [0.25, 0.3) is 11.4 Å². The zero-order chi connectivity index (χ0) is 24.2. The number of aryl methyl sites for hydroxylation is 1. The molecule has 10 heteroatoms. The van der Waals surface area contributed by atoms with Crippen molar-refractivity contribution in [3.8, 4) is 11.4 Å². The number of nitrogens with one attached hydrogen (secondary N) is 1. The van der Waals surface area contributed by atoms with Crippen molar-refractivity contribution in [1.82, 2.24) is 19.9 Å². The minimum atomic E-state index is -0.480. The van der Waals surface area contributed by atoms with Gasteiger partial charge in [-0.2, -0.15) is 4.98 Å². The molecule has 2 unspecified atom stereocenters. The minimum Gasteiger partial charge on any atom is -0.337 e. The van der Waals surface area contributed by atoms with Gasteiger partial charge in [0.25, 0.3) is 5.69 Å². The molecule has 0 bridgehead atoms. The van der Waals surface area contributed by atoms with Crippen LogP contribution >= 0.6 is 0 Å². The number of nitro benzene ring substituents is 1. The number of nitrogens with zero attached hydrogens (tertiary/aromatic N) is 5. The summed E-state index contributed by atoms with van der Waals surface area (Å²) in [5.41, 5.74) is 2.45. The van der Waals surface area contributed by atoms with E-state index in [9.17, 15) is 14.9 Å². The van der Waals surface area contributed by atoms with Gasteiger partial charge in [-0.15, -0.1) is 0 Å². The van der Waals surface area contributed by atoms with Crippen LogP contribution in [0.15, 0.2) is 53.1 Å². The molecule has 0 aliphatic carbocycles. The zero-order valence-corrected chi connectivity index (χ0v) is 19.5. The quantitative estimate of drug-likeness (QED) is 0.416. The van der Waals surface area contributed by atoms with Crippen LogP contribution in [0.4, 0.5) is 11.4 Å². The Bertz CT molecular complexity index is 1150. The van der Waals surface area contributed by atoms with Crippen molar-refractivity contribution in [2.45, 2.75) is 32.9 Å². The van der Waals surface area contributed by atoms with E-state index < -0.39 is 4.92 Å². The Morgan fingerprint density at radius 3 is 2.44 bits per heavy atom. The van der Waals surface area contributed by atoms with Gasteiger partial charge in [0.1, 0.15) is 0 Å². The van der Waals surface area contributed by atoms with Crippen molar-refractivity contribution >= 4 is 17.3 Å². The van der Waals surface area contributed by atoms with Gasteiger partial charge < -0.3 is 9.84 Å². The van der Waals surface area contributed by atoms with E-state index in [4.69, 9.17) is 4.52 Å². The highest BCUT2D eigenvalue weighted by atomic mass is 16.6. The predicted molar refractivity (Wildman–Crippen MR) is 127 cm³/mol. The van der Waals surface area contributed by atoms with Crippen LogP contribution in [-0.4, -0.2) is 63.0 Å². The first-order valence-corrected chi connectivity index (χ1v) is 11.3. The molecular formula is C24H28N6O4. The maximum atomic E-state index is 12.7. The number of aromatic nitrogens is 2. The van der Waals surface area contributed by atoms with Crippen molar-refractivity contribution in [2.24, 2.45) is 0 Å². The summed E-state index contributed by atoms with van der Waals surface area (Å²) in [4.78, 5) is 32.1. The fraction of sp³-hybridized carbons (Fsp3) is 0.375. The molecule has 0 saturated carbocycles. The smallest absolute Gasteiger partial charge is 0.271 e. The fourth-order valence-corrected chi connectivity index (χ4v) is 4.00. The summed E-state index contributed by atoms with van der Waals surface area (Å²) in [6.07, 6.45) is 0. The van der Waals surface area contributed by atoms with Gasteiger partial charge in [0, 0.05) is 49.6 Å². The van der Waals surface area contributed by atoms with Gasteiger partial charge in [0.15, 0.2) is 0 Å². The van der Waals surface area contributed by atoms with Gasteiger partial charge >= 0.3 is 0 Å². The normalized spacial score (nSPS) is 16.7.